The maximum absolute atomic E-state index is 12.7. The number of benzene rings is 2. The van der Waals surface area contributed by atoms with E-state index in [1.165, 1.54) is 16.4 Å². The molecule has 2 aromatic rings. The Hall–Kier alpha value is -2.71. The Morgan fingerprint density at radius 2 is 1.79 bits per heavy atom. The number of hydrogen-bond acceptors (Lipinski definition) is 5. The van der Waals surface area contributed by atoms with E-state index < -0.39 is 21.9 Å². The maximum atomic E-state index is 12.7. The molecule has 29 heavy (non-hydrogen) atoms. The fourth-order valence-corrected chi connectivity index (χ4v) is 4.78. The van der Waals surface area contributed by atoms with Crippen LogP contribution in [0.25, 0.3) is 0 Å². The third-order valence-electron chi connectivity index (χ3n) is 4.78. The summed E-state index contributed by atoms with van der Waals surface area (Å²) >= 11 is 0. The Kier molecular flexibility index (Phi) is 6.34. The molecule has 1 amide bonds. The lowest BCUT2D eigenvalue weighted by Gasteiger charge is -2.16. The number of sulfonamides is 1. The van der Waals surface area contributed by atoms with Crippen LogP contribution in [0.1, 0.15) is 46.0 Å². The molecule has 0 aromatic heterocycles. The molecule has 1 aliphatic rings. The van der Waals surface area contributed by atoms with Gasteiger partial charge < -0.3 is 10.1 Å². The van der Waals surface area contributed by atoms with Gasteiger partial charge in [-0.1, -0.05) is 6.07 Å². The van der Waals surface area contributed by atoms with Gasteiger partial charge in [0, 0.05) is 24.3 Å². The second-order valence-corrected chi connectivity index (χ2v) is 8.78. The highest BCUT2D eigenvalue weighted by molar-refractivity contribution is 7.89. The standard InChI is InChI=1S/C21H24N2O5S/c1-3-28-21(25)17-9-10-19(15(2)13-17)22-20(24)16-7-6-8-18(14-16)29(26,27)23-11-4-5-12-23/h6-10,13-14H,3-5,11-12H2,1-2H3,(H,22,24). The van der Waals surface area contributed by atoms with Crippen molar-refractivity contribution in [2.75, 3.05) is 25.0 Å². The van der Waals surface area contributed by atoms with Gasteiger partial charge in [0.25, 0.3) is 5.91 Å². The Morgan fingerprint density at radius 3 is 2.45 bits per heavy atom. The molecule has 1 N–H and O–H groups in total. The average Bonchev–Trinajstić information content (AvgIpc) is 3.25. The Labute approximate surface area is 170 Å². The second-order valence-electron chi connectivity index (χ2n) is 6.84. The molecular formula is C21H24N2O5S. The van der Waals surface area contributed by atoms with Gasteiger partial charge in [-0.2, -0.15) is 4.31 Å². The molecule has 0 saturated carbocycles. The summed E-state index contributed by atoms with van der Waals surface area (Å²) in [5.74, 6) is -0.844. The zero-order valence-electron chi connectivity index (χ0n) is 16.5. The van der Waals surface area contributed by atoms with Gasteiger partial charge in [-0.05, 0) is 68.7 Å². The van der Waals surface area contributed by atoms with Gasteiger partial charge in [-0.3, -0.25) is 4.79 Å². The highest BCUT2D eigenvalue weighted by Gasteiger charge is 2.27. The van der Waals surface area contributed by atoms with E-state index in [0.717, 1.165) is 12.8 Å². The Bertz CT molecular complexity index is 1030. The first-order valence-corrected chi connectivity index (χ1v) is 11.0. The highest BCUT2D eigenvalue weighted by atomic mass is 32.2. The third-order valence-corrected chi connectivity index (χ3v) is 6.68. The number of nitrogens with zero attached hydrogens (tertiary/aromatic N) is 1. The smallest absolute Gasteiger partial charge is 0.338 e. The summed E-state index contributed by atoms with van der Waals surface area (Å²) in [6, 6.07) is 10.9. The number of aryl methyl sites for hydroxylation is 1. The molecule has 0 bridgehead atoms. The van der Waals surface area contributed by atoms with Crippen molar-refractivity contribution in [2.45, 2.75) is 31.6 Å². The van der Waals surface area contributed by atoms with Crippen LogP contribution in [-0.2, 0) is 14.8 Å². The van der Waals surface area contributed by atoms with Crippen molar-refractivity contribution in [3.63, 3.8) is 0 Å². The molecule has 1 fully saturated rings. The van der Waals surface area contributed by atoms with E-state index >= 15 is 0 Å². The van der Waals surface area contributed by atoms with Crippen LogP contribution in [0.15, 0.2) is 47.4 Å². The van der Waals surface area contributed by atoms with Gasteiger partial charge in [-0.25, -0.2) is 13.2 Å². The Morgan fingerprint density at radius 1 is 1.07 bits per heavy atom. The van der Waals surface area contributed by atoms with Crippen LogP contribution in [0.5, 0.6) is 0 Å². The van der Waals surface area contributed by atoms with Gasteiger partial charge in [-0.15, -0.1) is 0 Å². The molecule has 1 aliphatic heterocycles. The van der Waals surface area contributed by atoms with Crippen molar-refractivity contribution in [2.24, 2.45) is 0 Å². The van der Waals surface area contributed by atoms with E-state index in [4.69, 9.17) is 4.74 Å². The fraction of sp³-hybridized carbons (Fsp3) is 0.333. The van der Waals surface area contributed by atoms with Crippen molar-refractivity contribution in [1.82, 2.24) is 4.31 Å². The maximum Gasteiger partial charge on any atom is 0.338 e. The van der Waals surface area contributed by atoms with E-state index in [9.17, 15) is 18.0 Å². The van der Waals surface area contributed by atoms with E-state index in [0.29, 0.717) is 29.9 Å². The minimum atomic E-state index is -3.59. The number of carbonyl (C=O) groups excluding carboxylic acids is 2. The first-order chi connectivity index (χ1) is 13.8. The van der Waals surface area contributed by atoms with Crippen molar-refractivity contribution in [3.05, 3.63) is 59.2 Å². The van der Waals surface area contributed by atoms with Gasteiger partial charge in [0.05, 0.1) is 17.1 Å². The molecule has 7 nitrogen and oxygen atoms in total. The Balaban J connectivity index is 1.79. The van der Waals surface area contributed by atoms with Gasteiger partial charge in [0.1, 0.15) is 0 Å². The number of rotatable bonds is 6. The number of nitrogens with one attached hydrogen (secondary N) is 1. The van der Waals surface area contributed by atoms with Crippen LogP contribution in [0.4, 0.5) is 5.69 Å². The van der Waals surface area contributed by atoms with Gasteiger partial charge in [0.2, 0.25) is 10.0 Å². The minimum Gasteiger partial charge on any atom is -0.462 e. The highest BCUT2D eigenvalue weighted by Crippen LogP contribution is 2.23. The molecular weight excluding hydrogens is 392 g/mol. The summed E-state index contributed by atoms with van der Waals surface area (Å²) in [5, 5.41) is 2.77. The molecule has 3 rings (SSSR count). The zero-order chi connectivity index (χ0) is 21.0. The van der Waals surface area contributed by atoms with Crippen molar-refractivity contribution in [1.29, 1.82) is 0 Å². The summed E-state index contributed by atoms with van der Waals surface area (Å²) in [6.07, 6.45) is 1.70. The molecule has 1 saturated heterocycles. The van der Waals surface area contributed by atoms with Crippen molar-refractivity contribution in [3.8, 4) is 0 Å². The first-order valence-electron chi connectivity index (χ1n) is 9.52. The molecule has 8 heteroatoms. The summed E-state index contributed by atoms with van der Waals surface area (Å²) in [5.41, 5.74) is 1.89. The third kappa shape index (κ3) is 4.65. The largest absolute Gasteiger partial charge is 0.462 e. The zero-order valence-corrected chi connectivity index (χ0v) is 17.3. The molecule has 2 aromatic carbocycles. The lowest BCUT2D eigenvalue weighted by molar-refractivity contribution is 0.0526. The normalized spacial score (nSPS) is 14.6. The number of carbonyl (C=O) groups is 2. The minimum absolute atomic E-state index is 0.112. The average molecular weight is 416 g/mol. The van der Waals surface area contributed by atoms with Crippen LogP contribution >= 0.6 is 0 Å². The molecule has 0 radical (unpaired) electrons. The lowest BCUT2D eigenvalue weighted by Crippen LogP contribution is -2.28. The number of amides is 1. The number of anilines is 1. The van der Waals surface area contributed by atoms with Crippen LogP contribution in [0.2, 0.25) is 0 Å². The van der Waals surface area contributed by atoms with Crippen molar-refractivity contribution < 1.29 is 22.7 Å². The summed E-state index contributed by atoms with van der Waals surface area (Å²) in [4.78, 5) is 24.6. The monoisotopic (exact) mass is 416 g/mol. The fourth-order valence-electron chi connectivity index (χ4n) is 3.22. The second kappa shape index (κ2) is 8.75. The summed E-state index contributed by atoms with van der Waals surface area (Å²) in [7, 11) is -3.59. The molecule has 0 atom stereocenters. The summed E-state index contributed by atoms with van der Waals surface area (Å²) < 4.78 is 31.9. The lowest BCUT2D eigenvalue weighted by atomic mass is 10.1. The van der Waals surface area contributed by atoms with Crippen LogP contribution in [0.3, 0.4) is 0 Å². The van der Waals surface area contributed by atoms with Crippen LogP contribution in [-0.4, -0.2) is 44.3 Å². The predicted molar refractivity (Wildman–Crippen MR) is 110 cm³/mol. The number of ether oxygens (including phenoxy) is 1. The van der Waals surface area contributed by atoms with Crippen LogP contribution < -0.4 is 5.32 Å². The molecule has 154 valence electrons. The van der Waals surface area contributed by atoms with E-state index in [1.54, 1.807) is 44.2 Å². The van der Waals surface area contributed by atoms with Crippen molar-refractivity contribution >= 4 is 27.6 Å². The van der Waals surface area contributed by atoms with E-state index in [1.807, 2.05) is 0 Å². The predicted octanol–water partition coefficient (Wildman–Crippen LogP) is 3.21. The number of esters is 1. The van der Waals surface area contributed by atoms with E-state index in [-0.39, 0.29) is 17.1 Å². The molecule has 0 unspecified atom stereocenters. The van der Waals surface area contributed by atoms with Gasteiger partial charge in [0.15, 0.2) is 0 Å². The molecule has 0 spiro atoms. The SMILES string of the molecule is CCOC(=O)c1ccc(NC(=O)c2cccc(S(=O)(=O)N3CCCC3)c2)c(C)c1. The molecule has 1 heterocycles. The van der Waals surface area contributed by atoms with Gasteiger partial charge >= 0.3 is 5.97 Å². The first kappa shape index (κ1) is 21.0. The molecule has 0 aliphatic carbocycles. The number of hydrogen-bond donors (Lipinski definition) is 1. The topological polar surface area (TPSA) is 92.8 Å². The summed E-state index contributed by atoms with van der Waals surface area (Å²) in [6.45, 7) is 4.80. The quantitative estimate of drug-likeness (QED) is 0.730. The van der Waals surface area contributed by atoms with Crippen LogP contribution in [0, 0.1) is 6.92 Å². The van der Waals surface area contributed by atoms with E-state index in [2.05, 4.69) is 5.32 Å².